The fourth-order valence-electron chi connectivity index (χ4n) is 1.22. The molecule has 0 aromatic heterocycles. The van der Waals surface area contributed by atoms with E-state index >= 15 is 0 Å². The predicted molar refractivity (Wildman–Crippen MR) is 56.2 cm³/mol. The van der Waals surface area contributed by atoms with Crippen LogP contribution in [0, 0.1) is 5.92 Å². The van der Waals surface area contributed by atoms with Crippen molar-refractivity contribution in [1.82, 2.24) is 4.90 Å². The van der Waals surface area contributed by atoms with Crippen LogP contribution >= 0.6 is 12.2 Å². The van der Waals surface area contributed by atoms with Gasteiger partial charge in [-0.15, -0.1) is 0 Å². The molecule has 2 nitrogen and oxygen atoms in total. The molecule has 2 N–H and O–H groups in total. The van der Waals surface area contributed by atoms with E-state index in [0.717, 1.165) is 18.9 Å². The van der Waals surface area contributed by atoms with E-state index in [1.165, 1.54) is 25.8 Å². The Morgan fingerprint density at radius 1 is 1.50 bits per heavy atom. The first-order valence-corrected chi connectivity index (χ1v) is 5.06. The van der Waals surface area contributed by atoms with E-state index < -0.39 is 0 Å². The van der Waals surface area contributed by atoms with Crippen LogP contribution in [-0.4, -0.2) is 30.0 Å². The molecule has 0 amide bonds. The average molecular weight is 186 g/mol. The standard InChI is InChI=1S/C9H18N2S/c1-11(7-5-9(10)12)6-4-8-2-3-8/h8H,2-7H2,1H3,(H2,10,12). The number of hydrogen-bond acceptors (Lipinski definition) is 2. The first-order valence-electron chi connectivity index (χ1n) is 4.65. The van der Waals surface area contributed by atoms with Crippen LogP contribution in [0.4, 0.5) is 0 Å². The van der Waals surface area contributed by atoms with Crippen molar-refractivity contribution in [2.45, 2.75) is 25.7 Å². The van der Waals surface area contributed by atoms with Gasteiger partial charge >= 0.3 is 0 Å². The van der Waals surface area contributed by atoms with Gasteiger partial charge in [0.25, 0.3) is 0 Å². The summed E-state index contributed by atoms with van der Waals surface area (Å²) in [7, 11) is 2.14. The smallest absolute Gasteiger partial charge is 0.0740 e. The molecule has 1 aliphatic rings. The normalized spacial score (nSPS) is 16.8. The van der Waals surface area contributed by atoms with E-state index in [-0.39, 0.29) is 0 Å². The van der Waals surface area contributed by atoms with Gasteiger partial charge in [-0.05, 0) is 25.9 Å². The van der Waals surface area contributed by atoms with E-state index in [0.29, 0.717) is 4.99 Å². The monoisotopic (exact) mass is 186 g/mol. The SMILES string of the molecule is CN(CCC(N)=S)CCC1CC1. The largest absolute Gasteiger partial charge is 0.393 e. The fraction of sp³-hybridized carbons (Fsp3) is 0.889. The molecule has 0 aromatic rings. The second kappa shape index (κ2) is 4.77. The zero-order chi connectivity index (χ0) is 8.97. The third-order valence-electron chi connectivity index (χ3n) is 2.36. The quantitative estimate of drug-likeness (QED) is 0.636. The van der Waals surface area contributed by atoms with Gasteiger partial charge in [-0.2, -0.15) is 0 Å². The molecule has 0 radical (unpaired) electrons. The Labute approximate surface area is 80.1 Å². The van der Waals surface area contributed by atoms with Gasteiger partial charge in [-0.1, -0.05) is 25.1 Å². The Morgan fingerprint density at radius 3 is 2.67 bits per heavy atom. The maximum atomic E-state index is 5.41. The summed E-state index contributed by atoms with van der Waals surface area (Å²) in [6.45, 7) is 2.22. The van der Waals surface area contributed by atoms with Crippen LogP contribution in [0.2, 0.25) is 0 Å². The van der Waals surface area contributed by atoms with Gasteiger partial charge in [0.15, 0.2) is 0 Å². The minimum atomic E-state index is 0.633. The third kappa shape index (κ3) is 4.67. The highest BCUT2D eigenvalue weighted by molar-refractivity contribution is 7.80. The lowest BCUT2D eigenvalue weighted by Gasteiger charge is -2.15. The van der Waals surface area contributed by atoms with Crippen LogP contribution in [0.25, 0.3) is 0 Å². The van der Waals surface area contributed by atoms with Gasteiger partial charge in [0.2, 0.25) is 0 Å². The Balaban J connectivity index is 1.94. The van der Waals surface area contributed by atoms with Crippen molar-refractivity contribution in [3.05, 3.63) is 0 Å². The van der Waals surface area contributed by atoms with Crippen molar-refractivity contribution < 1.29 is 0 Å². The van der Waals surface area contributed by atoms with Crippen molar-refractivity contribution in [3.63, 3.8) is 0 Å². The van der Waals surface area contributed by atoms with Crippen LogP contribution in [0.5, 0.6) is 0 Å². The summed E-state index contributed by atoms with van der Waals surface area (Å²) in [4.78, 5) is 2.95. The summed E-state index contributed by atoms with van der Waals surface area (Å²) in [6.07, 6.45) is 5.11. The zero-order valence-corrected chi connectivity index (χ0v) is 8.57. The highest BCUT2D eigenvalue weighted by Gasteiger charge is 2.20. The molecule has 0 unspecified atom stereocenters. The highest BCUT2D eigenvalue weighted by atomic mass is 32.1. The number of nitrogens with zero attached hydrogens (tertiary/aromatic N) is 1. The van der Waals surface area contributed by atoms with Gasteiger partial charge in [0.05, 0.1) is 4.99 Å². The maximum Gasteiger partial charge on any atom is 0.0740 e. The Bertz CT molecular complexity index is 155. The Kier molecular flexibility index (Phi) is 3.95. The molecule has 12 heavy (non-hydrogen) atoms. The molecule has 0 spiro atoms. The molecule has 0 saturated heterocycles. The topological polar surface area (TPSA) is 29.3 Å². The highest BCUT2D eigenvalue weighted by Crippen LogP contribution is 2.32. The molecule has 1 saturated carbocycles. The molecule has 0 atom stereocenters. The first-order chi connectivity index (χ1) is 5.68. The summed E-state index contributed by atoms with van der Waals surface area (Å²) in [5.74, 6) is 1.03. The number of thiocarbonyl (C=S) groups is 1. The van der Waals surface area contributed by atoms with Crippen molar-refractivity contribution in [2.24, 2.45) is 11.7 Å². The van der Waals surface area contributed by atoms with Crippen LogP contribution in [0.15, 0.2) is 0 Å². The van der Waals surface area contributed by atoms with Crippen molar-refractivity contribution in [3.8, 4) is 0 Å². The summed E-state index contributed by atoms with van der Waals surface area (Å²) in [5.41, 5.74) is 5.41. The summed E-state index contributed by atoms with van der Waals surface area (Å²) >= 11 is 4.81. The lowest BCUT2D eigenvalue weighted by molar-refractivity contribution is 0.331. The zero-order valence-electron chi connectivity index (χ0n) is 7.75. The van der Waals surface area contributed by atoms with Crippen LogP contribution in [0.1, 0.15) is 25.7 Å². The molecule has 0 aliphatic heterocycles. The third-order valence-corrected chi connectivity index (χ3v) is 2.56. The fourth-order valence-corrected chi connectivity index (χ4v) is 1.31. The molecule has 1 fully saturated rings. The number of nitrogens with two attached hydrogens (primary N) is 1. The second-order valence-electron chi connectivity index (χ2n) is 3.75. The van der Waals surface area contributed by atoms with Crippen LogP contribution < -0.4 is 5.73 Å². The molecule has 0 heterocycles. The molecule has 0 bridgehead atoms. The van der Waals surface area contributed by atoms with Gasteiger partial charge in [0.1, 0.15) is 0 Å². The number of rotatable bonds is 6. The molecule has 1 rings (SSSR count). The lowest BCUT2D eigenvalue weighted by atomic mass is 10.3. The maximum absolute atomic E-state index is 5.41. The van der Waals surface area contributed by atoms with Crippen LogP contribution in [-0.2, 0) is 0 Å². The van der Waals surface area contributed by atoms with E-state index in [1.807, 2.05) is 0 Å². The van der Waals surface area contributed by atoms with E-state index in [2.05, 4.69) is 11.9 Å². The van der Waals surface area contributed by atoms with E-state index in [9.17, 15) is 0 Å². The second-order valence-corrected chi connectivity index (χ2v) is 4.28. The summed E-state index contributed by atoms with van der Waals surface area (Å²) < 4.78 is 0. The van der Waals surface area contributed by atoms with Crippen molar-refractivity contribution >= 4 is 17.2 Å². The van der Waals surface area contributed by atoms with Gasteiger partial charge in [-0.25, -0.2) is 0 Å². The lowest BCUT2D eigenvalue weighted by Crippen LogP contribution is -2.24. The molecule has 0 aromatic carbocycles. The molecular weight excluding hydrogens is 168 g/mol. The average Bonchev–Trinajstić information content (AvgIpc) is 2.80. The minimum Gasteiger partial charge on any atom is -0.393 e. The van der Waals surface area contributed by atoms with Gasteiger partial charge in [0, 0.05) is 13.0 Å². The molecule has 3 heteroatoms. The van der Waals surface area contributed by atoms with Gasteiger partial charge < -0.3 is 10.6 Å². The summed E-state index contributed by atoms with van der Waals surface area (Å²) in [6, 6.07) is 0. The summed E-state index contributed by atoms with van der Waals surface area (Å²) in [5, 5.41) is 0. The van der Waals surface area contributed by atoms with Crippen molar-refractivity contribution in [2.75, 3.05) is 20.1 Å². The van der Waals surface area contributed by atoms with E-state index in [1.54, 1.807) is 0 Å². The van der Waals surface area contributed by atoms with Crippen molar-refractivity contribution in [1.29, 1.82) is 0 Å². The minimum absolute atomic E-state index is 0.633. The van der Waals surface area contributed by atoms with E-state index in [4.69, 9.17) is 18.0 Å². The Hall–Kier alpha value is -0.150. The predicted octanol–water partition coefficient (Wildman–Crippen LogP) is 1.39. The molecular formula is C9H18N2S. The van der Waals surface area contributed by atoms with Crippen LogP contribution in [0.3, 0.4) is 0 Å². The Morgan fingerprint density at radius 2 is 2.17 bits per heavy atom. The number of hydrogen-bond donors (Lipinski definition) is 1. The first kappa shape index (κ1) is 9.93. The molecule has 1 aliphatic carbocycles. The van der Waals surface area contributed by atoms with Gasteiger partial charge in [-0.3, -0.25) is 0 Å². The molecule has 70 valence electrons.